The Balaban J connectivity index is 2.29. The van der Waals surface area contributed by atoms with Crippen molar-refractivity contribution in [3.8, 4) is 0 Å². The van der Waals surface area contributed by atoms with E-state index in [1.807, 2.05) is 0 Å². The van der Waals surface area contributed by atoms with E-state index in [1.54, 1.807) is 36.4 Å². The fourth-order valence-electron chi connectivity index (χ4n) is 1.47. The van der Waals surface area contributed by atoms with Crippen molar-refractivity contribution in [1.29, 1.82) is 0 Å². The predicted octanol–water partition coefficient (Wildman–Crippen LogP) is 2.95. The molecule has 1 aromatic carbocycles. The summed E-state index contributed by atoms with van der Waals surface area (Å²) in [5.41, 5.74) is 0.968. The Hall–Kier alpha value is -2.49. The molecule has 2 aromatic rings. The quantitative estimate of drug-likeness (QED) is 0.531. The summed E-state index contributed by atoms with van der Waals surface area (Å²) in [6.45, 7) is 0. The molecule has 0 radical (unpaired) electrons. The van der Waals surface area contributed by atoms with Crippen LogP contribution in [0.5, 0.6) is 0 Å². The molecule has 0 aliphatic rings. The predicted molar refractivity (Wildman–Crippen MR) is 71.4 cm³/mol. The SMILES string of the molecule is O=C=Nc1ccccc1NC(=O)c1cccnc1Cl. The third-order valence-corrected chi connectivity index (χ3v) is 2.62. The van der Waals surface area contributed by atoms with Crippen LogP contribution in [0.4, 0.5) is 11.4 Å². The highest BCUT2D eigenvalue weighted by Gasteiger charge is 2.12. The van der Waals surface area contributed by atoms with Gasteiger partial charge in [-0.3, -0.25) is 4.79 Å². The monoisotopic (exact) mass is 273 g/mol. The summed E-state index contributed by atoms with van der Waals surface area (Å²) in [4.78, 5) is 29.6. The van der Waals surface area contributed by atoms with Crippen LogP contribution in [0.3, 0.4) is 0 Å². The maximum Gasteiger partial charge on any atom is 0.258 e. The molecule has 1 heterocycles. The van der Waals surface area contributed by atoms with Crippen molar-refractivity contribution < 1.29 is 9.59 Å². The fourth-order valence-corrected chi connectivity index (χ4v) is 1.68. The Labute approximate surface area is 114 Å². The van der Waals surface area contributed by atoms with Crippen molar-refractivity contribution in [1.82, 2.24) is 4.98 Å². The lowest BCUT2D eigenvalue weighted by Gasteiger charge is -2.07. The van der Waals surface area contributed by atoms with Crippen LogP contribution in [0.25, 0.3) is 0 Å². The topological polar surface area (TPSA) is 71.4 Å². The van der Waals surface area contributed by atoms with Crippen molar-refractivity contribution in [2.75, 3.05) is 5.32 Å². The van der Waals surface area contributed by atoms with E-state index in [1.165, 1.54) is 12.3 Å². The van der Waals surface area contributed by atoms with E-state index >= 15 is 0 Å². The average molecular weight is 274 g/mol. The molecule has 0 spiro atoms. The Morgan fingerprint density at radius 3 is 2.79 bits per heavy atom. The second-order valence-corrected chi connectivity index (χ2v) is 3.87. The molecule has 0 aliphatic heterocycles. The number of nitrogens with zero attached hydrogens (tertiary/aromatic N) is 2. The van der Waals surface area contributed by atoms with Gasteiger partial charge in [-0.25, -0.2) is 9.78 Å². The summed E-state index contributed by atoms with van der Waals surface area (Å²) in [5, 5.41) is 2.72. The minimum atomic E-state index is -0.424. The number of hydrogen-bond donors (Lipinski definition) is 1. The lowest BCUT2D eigenvalue weighted by atomic mass is 10.2. The van der Waals surface area contributed by atoms with Crippen LogP contribution in [0.1, 0.15) is 10.4 Å². The number of aromatic nitrogens is 1. The first-order chi connectivity index (χ1) is 9.22. The van der Waals surface area contributed by atoms with E-state index in [2.05, 4.69) is 15.3 Å². The molecule has 0 atom stereocenters. The van der Waals surface area contributed by atoms with Gasteiger partial charge in [0, 0.05) is 6.20 Å². The molecule has 5 nitrogen and oxygen atoms in total. The number of aliphatic imine (C=N–C) groups is 1. The summed E-state index contributed by atoms with van der Waals surface area (Å²) in [6, 6.07) is 9.78. The molecule has 6 heteroatoms. The van der Waals surface area contributed by atoms with Crippen molar-refractivity contribution in [3.63, 3.8) is 0 Å². The highest BCUT2D eigenvalue weighted by molar-refractivity contribution is 6.33. The van der Waals surface area contributed by atoms with Crippen LogP contribution in [0.15, 0.2) is 47.6 Å². The maximum absolute atomic E-state index is 12.0. The number of rotatable bonds is 3. The third-order valence-electron chi connectivity index (χ3n) is 2.32. The fraction of sp³-hybridized carbons (Fsp3) is 0. The molecule has 2 rings (SSSR count). The van der Waals surface area contributed by atoms with Crippen LogP contribution >= 0.6 is 11.6 Å². The zero-order valence-electron chi connectivity index (χ0n) is 9.63. The Morgan fingerprint density at radius 2 is 2.05 bits per heavy atom. The number of benzene rings is 1. The average Bonchev–Trinajstić information content (AvgIpc) is 2.41. The zero-order chi connectivity index (χ0) is 13.7. The summed E-state index contributed by atoms with van der Waals surface area (Å²) < 4.78 is 0. The van der Waals surface area contributed by atoms with Crippen LogP contribution in [0, 0.1) is 0 Å². The summed E-state index contributed by atoms with van der Waals surface area (Å²) >= 11 is 5.83. The molecule has 0 saturated heterocycles. The molecule has 0 bridgehead atoms. The van der Waals surface area contributed by atoms with Gasteiger partial charge in [0.2, 0.25) is 6.08 Å². The number of carbonyl (C=O) groups excluding carboxylic acids is 2. The molecule has 0 saturated carbocycles. The van der Waals surface area contributed by atoms with E-state index in [-0.39, 0.29) is 10.7 Å². The molecule has 1 aromatic heterocycles. The third kappa shape index (κ3) is 3.04. The Bertz CT molecular complexity index is 666. The van der Waals surface area contributed by atoms with E-state index < -0.39 is 5.91 Å². The van der Waals surface area contributed by atoms with Gasteiger partial charge >= 0.3 is 0 Å². The van der Waals surface area contributed by atoms with Gasteiger partial charge in [0.1, 0.15) is 5.15 Å². The maximum atomic E-state index is 12.0. The van der Waals surface area contributed by atoms with Gasteiger partial charge in [-0.2, -0.15) is 4.99 Å². The Morgan fingerprint density at radius 1 is 1.26 bits per heavy atom. The van der Waals surface area contributed by atoms with Crippen LogP contribution < -0.4 is 5.32 Å². The van der Waals surface area contributed by atoms with Gasteiger partial charge in [0.25, 0.3) is 5.91 Å². The first-order valence-electron chi connectivity index (χ1n) is 5.31. The first-order valence-corrected chi connectivity index (χ1v) is 5.69. The van der Waals surface area contributed by atoms with Crippen LogP contribution in [0.2, 0.25) is 5.15 Å². The molecule has 0 fully saturated rings. The van der Waals surface area contributed by atoms with Gasteiger partial charge < -0.3 is 5.32 Å². The lowest BCUT2D eigenvalue weighted by Crippen LogP contribution is -2.12. The van der Waals surface area contributed by atoms with Crippen LogP contribution in [-0.2, 0) is 4.79 Å². The number of para-hydroxylation sites is 2. The summed E-state index contributed by atoms with van der Waals surface area (Å²) in [5.74, 6) is -0.424. The molecule has 0 aliphatic carbocycles. The van der Waals surface area contributed by atoms with E-state index in [4.69, 9.17) is 11.6 Å². The van der Waals surface area contributed by atoms with E-state index in [0.717, 1.165) is 0 Å². The second kappa shape index (κ2) is 5.91. The number of anilines is 1. The molecular weight excluding hydrogens is 266 g/mol. The normalized spacial score (nSPS) is 9.53. The lowest BCUT2D eigenvalue weighted by molar-refractivity contribution is 0.102. The van der Waals surface area contributed by atoms with Gasteiger partial charge in [0.15, 0.2) is 0 Å². The van der Waals surface area contributed by atoms with Crippen molar-refractivity contribution in [3.05, 3.63) is 53.3 Å². The number of carbonyl (C=O) groups is 1. The van der Waals surface area contributed by atoms with E-state index in [9.17, 15) is 9.59 Å². The minimum absolute atomic E-state index is 0.108. The van der Waals surface area contributed by atoms with Crippen molar-refractivity contribution >= 4 is 35.0 Å². The molecule has 1 amide bonds. The zero-order valence-corrected chi connectivity index (χ0v) is 10.4. The summed E-state index contributed by atoms with van der Waals surface area (Å²) in [7, 11) is 0. The van der Waals surface area contributed by atoms with Crippen molar-refractivity contribution in [2.24, 2.45) is 4.99 Å². The number of halogens is 1. The highest BCUT2D eigenvalue weighted by Crippen LogP contribution is 2.24. The van der Waals surface area contributed by atoms with Crippen molar-refractivity contribution in [2.45, 2.75) is 0 Å². The van der Waals surface area contributed by atoms with Gasteiger partial charge in [-0.1, -0.05) is 23.7 Å². The highest BCUT2D eigenvalue weighted by atomic mass is 35.5. The molecule has 0 unspecified atom stereocenters. The number of hydrogen-bond acceptors (Lipinski definition) is 4. The number of pyridine rings is 1. The smallest absolute Gasteiger partial charge is 0.258 e. The van der Waals surface area contributed by atoms with Gasteiger partial charge in [-0.15, -0.1) is 0 Å². The minimum Gasteiger partial charge on any atom is -0.320 e. The number of isocyanates is 1. The Kier molecular flexibility index (Phi) is 4.03. The molecule has 94 valence electrons. The second-order valence-electron chi connectivity index (χ2n) is 3.52. The van der Waals surface area contributed by atoms with Gasteiger partial charge in [-0.05, 0) is 24.3 Å². The largest absolute Gasteiger partial charge is 0.320 e. The molecule has 1 N–H and O–H groups in total. The number of amides is 1. The first kappa shape index (κ1) is 13.0. The van der Waals surface area contributed by atoms with Crippen LogP contribution in [-0.4, -0.2) is 17.0 Å². The molecular formula is C13H8ClN3O2. The number of nitrogens with one attached hydrogen (secondary N) is 1. The van der Waals surface area contributed by atoms with E-state index in [0.29, 0.717) is 11.4 Å². The standard InChI is InChI=1S/C13H8ClN3O2/c14-12-9(4-3-7-15-12)13(19)17-11-6-2-1-5-10(11)16-8-18/h1-7H,(H,17,19). The molecule has 19 heavy (non-hydrogen) atoms. The van der Waals surface area contributed by atoms with Gasteiger partial charge in [0.05, 0.1) is 16.9 Å². The summed E-state index contributed by atoms with van der Waals surface area (Å²) in [6.07, 6.45) is 2.92.